The summed E-state index contributed by atoms with van der Waals surface area (Å²) in [7, 11) is 3.34. The van der Waals surface area contributed by atoms with Crippen LogP contribution in [0.4, 0.5) is 8.78 Å². The zero-order valence-electron chi connectivity index (χ0n) is 39.0. The second kappa shape index (κ2) is 19.4. The van der Waals surface area contributed by atoms with Crippen LogP contribution < -0.4 is 0 Å². The summed E-state index contributed by atoms with van der Waals surface area (Å²) in [6.45, 7) is 8.81. The maximum atomic E-state index is 13.7. The van der Waals surface area contributed by atoms with Gasteiger partial charge in [0, 0.05) is 28.9 Å². The Balaban J connectivity index is 0.000000162. The number of nitrogens with zero attached hydrogens (tertiary/aromatic N) is 1. The van der Waals surface area contributed by atoms with Gasteiger partial charge in [-0.1, -0.05) is 55.4 Å². The lowest BCUT2D eigenvalue weighted by Gasteiger charge is -2.56. The molecule has 2 N–H and O–H groups in total. The van der Waals surface area contributed by atoms with Crippen molar-refractivity contribution in [3.8, 4) is 0 Å². The Bertz CT molecular complexity index is 1940. The second-order valence-electron chi connectivity index (χ2n) is 23.0. The minimum atomic E-state index is -0.465. The number of carbonyl (C=O) groups is 2. The molecule has 1 amide bonds. The molecule has 64 heavy (non-hydrogen) atoms. The van der Waals surface area contributed by atoms with Gasteiger partial charge < -0.3 is 10.2 Å². The molecule has 0 heterocycles. The van der Waals surface area contributed by atoms with Gasteiger partial charge in [-0.3, -0.25) is 14.4 Å². The van der Waals surface area contributed by atoms with Crippen molar-refractivity contribution >= 4 is 27.6 Å². The summed E-state index contributed by atoms with van der Waals surface area (Å²) >= 11 is 3.12. The molecule has 8 saturated carbocycles. The van der Waals surface area contributed by atoms with Gasteiger partial charge in [-0.2, -0.15) is 0 Å². The van der Waals surface area contributed by atoms with Crippen molar-refractivity contribution in [2.75, 3.05) is 14.2 Å². The Labute approximate surface area is 392 Å². The standard InChI is InChI=1S/C26H35FO2.C22H37NO3.C6H4BrF.CH4/c1-25(29)12-10-19-17(15-25)6-7-21-20(19)11-13-26(2)22(21)8-9-23(26)24(28)16-4-3-5-18(27)14-16;1-21(25)11-9-15-14(13-21)5-6-17-16(15)10-12-22(2)18(17)7-8-19(22)20(24)23(3)26-4;7-5-2-1-3-6(8)4-5;/h3-5,14,17,19-23,29H,6-13,15H2,1-2H3;14-19,25H,5-13H2,1-4H3;1-4H;1H4/t17-,19+,20-,21-,22+,23-,25-,26+;14-,15+,16-,17-,18+,19-,21-,22+;;/m11../s1. The number of Topliss-reactive ketones (excluding diaryl/α,β-unsaturated/α-hetero) is 1. The quantitative estimate of drug-likeness (QED) is 0.236. The number of hydroxylamine groups is 2. The summed E-state index contributed by atoms with van der Waals surface area (Å²) in [4.78, 5) is 31.4. The van der Waals surface area contributed by atoms with Crippen molar-refractivity contribution < 1.29 is 33.4 Å². The van der Waals surface area contributed by atoms with E-state index >= 15 is 0 Å². The number of ketones is 1. The van der Waals surface area contributed by atoms with Gasteiger partial charge in [-0.15, -0.1) is 0 Å². The van der Waals surface area contributed by atoms with Gasteiger partial charge >= 0.3 is 0 Å². The van der Waals surface area contributed by atoms with Gasteiger partial charge in [0.25, 0.3) is 0 Å². The second-order valence-corrected chi connectivity index (χ2v) is 23.9. The molecule has 0 radical (unpaired) electrons. The molecule has 16 atom stereocenters. The average Bonchev–Trinajstić information content (AvgIpc) is 3.79. The smallest absolute Gasteiger partial charge is 0.249 e. The molecule has 0 aliphatic heterocycles. The summed E-state index contributed by atoms with van der Waals surface area (Å²) in [6, 6.07) is 12.5. The highest BCUT2D eigenvalue weighted by Crippen LogP contribution is 2.66. The zero-order chi connectivity index (χ0) is 45.1. The fourth-order valence-electron chi connectivity index (χ4n) is 16.6. The maximum absolute atomic E-state index is 13.7. The summed E-state index contributed by atoms with van der Waals surface area (Å²) in [5.74, 6) is 7.47. The van der Waals surface area contributed by atoms with Crippen LogP contribution in [0.25, 0.3) is 0 Å². The highest BCUT2D eigenvalue weighted by atomic mass is 79.9. The number of amides is 1. The lowest BCUT2D eigenvalue weighted by molar-refractivity contribution is -0.180. The van der Waals surface area contributed by atoms with E-state index in [0.29, 0.717) is 23.3 Å². The van der Waals surface area contributed by atoms with E-state index in [-0.39, 0.29) is 53.4 Å². The molecule has 8 fully saturated rings. The van der Waals surface area contributed by atoms with E-state index in [2.05, 4.69) is 29.8 Å². The van der Waals surface area contributed by atoms with Gasteiger partial charge in [0.15, 0.2) is 5.78 Å². The normalized spacial score (nSPS) is 42.7. The van der Waals surface area contributed by atoms with Crippen LogP contribution in [-0.4, -0.2) is 52.3 Å². The molecule has 0 aromatic heterocycles. The van der Waals surface area contributed by atoms with E-state index < -0.39 is 11.2 Å². The minimum absolute atomic E-state index is 0. The van der Waals surface area contributed by atoms with Crippen LogP contribution >= 0.6 is 15.9 Å². The van der Waals surface area contributed by atoms with Crippen molar-refractivity contribution in [3.05, 3.63) is 70.2 Å². The molecule has 0 saturated heterocycles. The number of hydrogen-bond acceptors (Lipinski definition) is 5. The van der Waals surface area contributed by atoms with Crippen molar-refractivity contribution in [2.24, 2.45) is 81.8 Å². The molecule has 356 valence electrons. The summed E-state index contributed by atoms with van der Waals surface area (Å²) in [6.07, 6.45) is 20.6. The first-order valence-electron chi connectivity index (χ1n) is 24.8. The monoisotopic (exact) mass is 952 g/mol. The number of carbonyl (C=O) groups excluding carboxylic acids is 2. The van der Waals surface area contributed by atoms with Crippen molar-refractivity contribution in [1.82, 2.24) is 5.06 Å². The number of halogens is 3. The fraction of sp³-hybridized carbons (Fsp3) is 0.745. The Kier molecular flexibility index (Phi) is 15.1. The first-order valence-corrected chi connectivity index (χ1v) is 25.6. The molecule has 2 aromatic carbocycles. The highest BCUT2D eigenvalue weighted by Gasteiger charge is 2.61. The van der Waals surface area contributed by atoms with Crippen LogP contribution in [0, 0.1) is 93.5 Å². The van der Waals surface area contributed by atoms with Crippen LogP contribution in [0.2, 0.25) is 0 Å². The molecule has 8 aliphatic carbocycles. The Morgan fingerprint density at radius 2 is 1.09 bits per heavy atom. The topological polar surface area (TPSA) is 87.1 Å². The Morgan fingerprint density at radius 1 is 0.625 bits per heavy atom. The van der Waals surface area contributed by atoms with E-state index in [9.17, 15) is 28.6 Å². The van der Waals surface area contributed by atoms with Crippen LogP contribution in [0.5, 0.6) is 0 Å². The number of rotatable bonds is 4. The van der Waals surface area contributed by atoms with E-state index in [0.717, 1.165) is 97.3 Å². The molecule has 6 nitrogen and oxygen atoms in total. The predicted octanol–water partition coefficient (Wildman–Crippen LogP) is 13.3. The van der Waals surface area contributed by atoms with Crippen LogP contribution in [0.3, 0.4) is 0 Å². The minimum Gasteiger partial charge on any atom is -0.390 e. The van der Waals surface area contributed by atoms with E-state index in [1.165, 1.54) is 93.5 Å². The molecule has 0 spiro atoms. The lowest BCUT2D eigenvalue weighted by atomic mass is 9.49. The summed E-state index contributed by atoms with van der Waals surface area (Å²) in [5, 5.41) is 22.5. The largest absolute Gasteiger partial charge is 0.390 e. The van der Waals surface area contributed by atoms with E-state index in [4.69, 9.17) is 4.84 Å². The third-order valence-electron chi connectivity index (χ3n) is 19.6. The maximum Gasteiger partial charge on any atom is 0.249 e. The molecule has 0 unspecified atom stereocenters. The molecule has 9 heteroatoms. The van der Waals surface area contributed by atoms with Crippen LogP contribution in [0.15, 0.2) is 53.0 Å². The van der Waals surface area contributed by atoms with Gasteiger partial charge in [-0.05, 0) is 230 Å². The predicted molar refractivity (Wildman–Crippen MR) is 254 cm³/mol. The molecular weight excluding hydrogens is 873 g/mol. The van der Waals surface area contributed by atoms with Crippen LogP contribution in [-0.2, 0) is 9.63 Å². The van der Waals surface area contributed by atoms with Gasteiger partial charge in [0.05, 0.1) is 18.3 Å². The number of hydrogen-bond donors (Lipinski definition) is 2. The Morgan fingerprint density at radius 3 is 1.56 bits per heavy atom. The fourth-order valence-corrected chi connectivity index (χ4v) is 17.0. The van der Waals surface area contributed by atoms with E-state index in [1.54, 1.807) is 38.4 Å². The number of fused-ring (bicyclic) bond motifs is 10. The van der Waals surface area contributed by atoms with Gasteiger partial charge in [-0.25, -0.2) is 13.8 Å². The van der Waals surface area contributed by atoms with Gasteiger partial charge in [0.2, 0.25) is 5.91 Å². The summed E-state index contributed by atoms with van der Waals surface area (Å²) < 4.78 is 26.6. The molecule has 2 aromatic rings. The van der Waals surface area contributed by atoms with Crippen molar-refractivity contribution in [1.29, 1.82) is 0 Å². The first kappa shape index (κ1) is 49.7. The highest BCUT2D eigenvalue weighted by molar-refractivity contribution is 9.10. The summed E-state index contributed by atoms with van der Waals surface area (Å²) in [5.41, 5.74) is -0.132. The van der Waals surface area contributed by atoms with Crippen LogP contribution in [0.1, 0.15) is 161 Å². The third kappa shape index (κ3) is 9.73. The first-order chi connectivity index (χ1) is 29.8. The SMILES string of the molecule is C.CON(C)C(=O)[C@H]1CC[C@H]2[C@@H]3CC[C@@H]4C[C@](C)(O)CC[C@@H]4[C@H]3CC[C@]12C.C[C@@]1(O)CC[C@H]2[C@H](CC[C@@H]3[C@@H]2CC[C@]2(C)[C@@H](C(=O)c4cccc(F)c4)CC[C@@H]32)C1.Fc1cccc(Br)c1. The van der Waals surface area contributed by atoms with E-state index in [1.807, 2.05) is 13.8 Å². The lowest BCUT2D eigenvalue weighted by Crippen LogP contribution is -2.51. The molecule has 0 bridgehead atoms. The number of aliphatic hydroxyl groups is 2. The molecule has 8 aliphatic rings. The third-order valence-corrected chi connectivity index (χ3v) is 20.1. The zero-order valence-corrected chi connectivity index (χ0v) is 40.6. The molecular formula is C55H80BrF2NO5. The van der Waals surface area contributed by atoms with Crippen molar-refractivity contribution in [3.63, 3.8) is 0 Å². The average molecular weight is 953 g/mol. The van der Waals surface area contributed by atoms with Crippen molar-refractivity contribution in [2.45, 2.75) is 162 Å². The number of benzene rings is 2. The van der Waals surface area contributed by atoms with Gasteiger partial charge in [0.1, 0.15) is 11.6 Å². The molecule has 10 rings (SSSR count). The Hall–Kier alpha value is -2.20.